The highest BCUT2D eigenvalue weighted by Crippen LogP contribution is 2.42. The maximum Gasteiger partial charge on any atom is 0.0739 e. The van der Waals surface area contributed by atoms with Crippen LogP contribution < -0.4 is 5.73 Å². The second-order valence-corrected chi connectivity index (χ2v) is 7.43. The third-order valence-electron chi connectivity index (χ3n) is 3.78. The Bertz CT molecular complexity index is 696. The molecule has 0 fully saturated rings. The number of aryl methyl sites for hydroxylation is 1. The van der Waals surface area contributed by atoms with Gasteiger partial charge in [-0.05, 0) is 42.5 Å². The van der Waals surface area contributed by atoms with Crippen molar-refractivity contribution in [3.8, 4) is 0 Å². The van der Waals surface area contributed by atoms with Crippen molar-refractivity contribution in [2.75, 3.05) is 0 Å². The van der Waals surface area contributed by atoms with Crippen molar-refractivity contribution in [3.05, 3.63) is 52.2 Å². The summed E-state index contributed by atoms with van der Waals surface area (Å²) in [5.41, 5.74) is 8.92. The van der Waals surface area contributed by atoms with Gasteiger partial charge in [0.25, 0.3) is 0 Å². The first kappa shape index (κ1) is 14.7. The van der Waals surface area contributed by atoms with Gasteiger partial charge in [-0.2, -0.15) is 0 Å². The zero-order valence-corrected chi connectivity index (χ0v) is 13.9. The van der Waals surface area contributed by atoms with Crippen molar-refractivity contribution < 1.29 is 0 Å². The first-order chi connectivity index (χ1) is 10.2. The largest absolute Gasteiger partial charge is 0.350 e. The van der Waals surface area contributed by atoms with Gasteiger partial charge >= 0.3 is 0 Å². The maximum atomic E-state index is 6.39. The quantitative estimate of drug-likeness (QED) is 0.642. The summed E-state index contributed by atoms with van der Waals surface area (Å²) < 4.78 is 0. The molecule has 2 nitrogen and oxygen atoms in total. The van der Waals surface area contributed by atoms with Crippen molar-refractivity contribution in [1.29, 1.82) is 0 Å². The fourth-order valence-corrected chi connectivity index (χ4v) is 5.06. The lowest BCUT2D eigenvalue weighted by atomic mass is 10.1. The van der Waals surface area contributed by atoms with Crippen LogP contribution in [0.2, 0.25) is 0 Å². The summed E-state index contributed by atoms with van der Waals surface area (Å²) in [6.45, 7) is 4.33. The van der Waals surface area contributed by atoms with Crippen molar-refractivity contribution in [3.63, 3.8) is 0 Å². The lowest BCUT2D eigenvalue weighted by Gasteiger charge is -2.21. The van der Waals surface area contributed by atoms with Gasteiger partial charge < -0.3 is 10.7 Å². The second kappa shape index (κ2) is 6.26. The fraction of sp³-hybridized carbons (Fsp3) is 0.294. The van der Waals surface area contributed by atoms with E-state index in [-0.39, 0.29) is 6.04 Å². The van der Waals surface area contributed by atoms with Crippen molar-refractivity contribution in [2.24, 2.45) is 5.73 Å². The van der Waals surface area contributed by atoms with Gasteiger partial charge in [0, 0.05) is 21.8 Å². The highest BCUT2D eigenvalue weighted by Gasteiger charge is 2.23. The Morgan fingerprint density at radius 1 is 1.29 bits per heavy atom. The lowest BCUT2D eigenvalue weighted by molar-refractivity contribution is 0.638. The predicted molar refractivity (Wildman–Crippen MR) is 94.2 cm³/mol. The normalized spacial score (nSPS) is 14.4. The monoisotopic (exact) mass is 316 g/mol. The van der Waals surface area contributed by atoms with Crippen molar-refractivity contribution in [1.82, 2.24) is 4.98 Å². The molecule has 0 spiro atoms. The van der Waals surface area contributed by atoms with E-state index in [0.29, 0.717) is 5.25 Å². The van der Waals surface area contributed by atoms with Gasteiger partial charge in [0.15, 0.2) is 0 Å². The van der Waals surface area contributed by atoms with E-state index < -0.39 is 0 Å². The molecule has 0 saturated carbocycles. The molecule has 3 N–H and O–H groups in total. The number of nitrogens with one attached hydrogen (secondary N) is 1. The number of benzene rings is 1. The molecule has 0 aliphatic carbocycles. The molecule has 2 unspecified atom stereocenters. The minimum atomic E-state index is 0.166. The van der Waals surface area contributed by atoms with Crippen LogP contribution in [0.4, 0.5) is 0 Å². The third-order valence-corrected chi connectivity index (χ3v) is 6.34. The average molecular weight is 316 g/mol. The molecule has 2 atom stereocenters. The van der Waals surface area contributed by atoms with Gasteiger partial charge in [0.05, 0.1) is 10.3 Å². The molecule has 0 amide bonds. The van der Waals surface area contributed by atoms with Gasteiger partial charge in [-0.15, -0.1) is 11.3 Å². The van der Waals surface area contributed by atoms with Crippen LogP contribution in [0.25, 0.3) is 10.9 Å². The number of rotatable bonds is 5. The molecular formula is C17H20N2S2. The second-order valence-electron chi connectivity index (χ2n) is 5.30. The van der Waals surface area contributed by atoms with Crippen molar-refractivity contribution >= 4 is 34.0 Å². The van der Waals surface area contributed by atoms with Gasteiger partial charge in [-0.1, -0.05) is 36.9 Å². The molecule has 3 rings (SSSR count). The Balaban J connectivity index is 1.92. The summed E-state index contributed by atoms with van der Waals surface area (Å²) in [6.07, 6.45) is 0.981. The molecule has 21 heavy (non-hydrogen) atoms. The summed E-state index contributed by atoms with van der Waals surface area (Å²) >= 11 is 3.66. The molecule has 0 aliphatic rings. The third kappa shape index (κ3) is 3.03. The summed E-state index contributed by atoms with van der Waals surface area (Å²) in [6, 6.07) is 13.0. The van der Waals surface area contributed by atoms with Crippen LogP contribution in [-0.2, 0) is 0 Å². The van der Waals surface area contributed by atoms with Gasteiger partial charge in [0.2, 0.25) is 0 Å². The van der Waals surface area contributed by atoms with E-state index in [9.17, 15) is 0 Å². The summed E-state index contributed by atoms with van der Waals surface area (Å²) in [5.74, 6) is 0. The highest BCUT2D eigenvalue weighted by atomic mass is 32.2. The summed E-state index contributed by atoms with van der Waals surface area (Å²) in [4.78, 5) is 4.89. The van der Waals surface area contributed by atoms with E-state index in [1.807, 2.05) is 23.1 Å². The number of aromatic nitrogens is 1. The Morgan fingerprint density at radius 3 is 2.76 bits per heavy atom. The Morgan fingerprint density at radius 2 is 2.10 bits per heavy atom. The van der Waals surface area contributed by atoms with E-state index >= 15 is 0 Å². The van der Waals surface area contributed by atoms with Crippen molar-refractivity contribution in [2.45, 2.75) is 36.6 Å². The maximum absolute atomic E-state index is 6.39. The zero-order valence-electron chi connectivity index (χ0n) is 12.3. The number of nitrogens with two attached hydrogens (primary N) is 1. The number of thioether (sulfide) groups is 1. The van der Waals surface area contributed by atoms with E-state index in [1.54, 1.807) is 0 Å². The number of hydrogen-bond donors (Lipinski definition) is 2. The topological polar surface area (TPSA) is 41.8 Å². The molecule has 0 aliphatic heterocycles. The van der Waals surface area contributed by atoms with Crippen LogP contribution >= 0.6 is 23.1 Å². The minimum Gasteiger partial charge on any atom is -0.350 e. The van der Waals surface area contributed by atoms with E-state index in [1.165, 1.54) is 26.4 Å². The smallest absolute Gasteiger partial charge is 0.0739 e. The first-order valence-corrected chi connectivity index (χ1v) is 8.99. The molecule has 0 bridgehead atoms. The number of fused-ring (bicyclic) bond motifs is 1. The average Bonchev–Trinajstić information content (AvgIpc) is 3.09. The molecule has 110 valence electrons. The number of aromatic amines is 1. The zero-order chi connectivity index (χ0) is 14.8. The number of H-pyrrole nitrogens is 1. The van der Waals surface area contributed by atoms with Gasteiger partial charge in [-0.3, -0.25) is 0 Å². The van der Waals surface area contributed by atoms with Crippen LogP contribution in [0.5, 0.6) is 0 Å². The Hall–Kier alpha value is -1.23. The number of thiophene rings is 1. The lowest BCUT2D eigenvalue weighted by Crippen LogP contribution is -2.25. The van der Waals surface area contributed by atoms with Crippen LogP contribution in [0.3, 0.4) is 0 Å². The van der Waals surface area contributed by atoms with Crippen LogP contribution in [-0.4, -0.2) is 11.0 Å². The number of hydrogen-bond acceptors (Lipinski definition) is 3. The van der Waals surface area contributed by atoms with E-state index in [4.69, 9.17) is 5.73 Å². The molecule has 1 aromatic carbocycles. The van der Waals surface area contributed by atoms with Gasteiger partial charge in [0.1, 0.15) is 0 Å². The highest BCUT2D eigenvalue weighted by molar-refractivity contribution is 7.99. The standard InChI is InChI=1S/C17H20N2S2/c1-3-13(18)17(16-11(2)8-9-20-16)21-15-10-12-6-4-5-7-14(12)19-15/h4-10,13,17,19H,3,18H2,1-2H3. The Labute approximate surface area is 133 Å². The molecule has 0 radical (unpaired) electrons. The predicted octanol–water partition coefficient (Wildman–Crippen LogP) is 5.11. The van der Waals surface area contributed by atoms with Gasteiger partial charge in [-0.25, -0.2) is 0 Å². The first-order valence-electron chi connectivity index (χ1n) is 7.23. The molecule has 4 heteroatoms. The van der Waals surface area contributed by atoms with Crippen LogP contribution in [0.15, 0.2) is 46.8 Å². The Kier molecular flexibility index (Phi) is 4.38. The van der Waals surface area contributed by atoms with E-state index in [2.05, 4.69) is 60.6 Å². The number of para-hydroxylation sites is 1. The van der Waals surface area contributed by atoms with E-state index in [0.717, 1.165) is 6.42 Å². The molecule has 0 saturated heterocycles. The summed E-state index contributed by atoms with van der Waals surface area (Å²) in [7, 11) is 0. The molecule has 2 aromatic heterocycles. The molecule has 2 heterocycles. The minimum absolute atomic E-state index is 0.166. The van der Waals surface area contributed by atoms with Crippen LogP contribution in [0, 0.1) is 6.92 Å². The fourth-order valence-electron chi connectivity index (χ4n) is 2.47. The summed E-state index contributed by atoms with van der Waals surface area (Å²) in [5, 5.41) is 4.92. The molecule has 3 aromatic rings. The SMILES string of the molecule is CCC(N)C(Sc1cc2ccccc2[nH]1)c1sccc1C. The molecular weight excluding hydrogens is 296 g/mol. The van der Waals surface area contributed by atoms with Crippen LogP contribution in [0.1, 0.15) is 29.0 Å².